The molecular formula is C16H29N3O2. The van der Waals surface area contributed by atoms with Crippen molar-refractivity contribution >= 4 is 11.7 Å². The summed E-state index contributed by atoms with van der Waals surface area (Å²) in [4.78, 5) is 11.0. The first-order chi connectivity index (χ1) is 10.1. The quantitative estimate of drug-likeness (QED) is 0.481. The molecule has 0 radical (unpaired) electrons. The second-order valence-electron chi connectivity index (χ2n) is 4.62. The first-order valence-corrected chi connectivity index (χ1v) is 7.60. The van der Waals surface area contributed by atoms with Crippen LogP contribution in [-0.2, 0) is 6.42 Å². The highest BCUT2D eigenvalue weighted by Gasteiger charge is 2.04. The van der Waals surface area contributed by atoms with Crippen molar-refractivity contribution in [3.05, 3.63) is 23.8 Å². The van der Waals surface area contributed by atoms with Crippen LogP contribution in [0.3, 0.4) is 0 Å². The average molecular weight is 295 g/mol. The van der Waals surface area contributed by atoms with Gasteiger partial charge in [0.15, 0.2) is 0 Å². The number of benzene rings is 1. The number of aromatic hydroxyl groups is 1. The largest absolute Gasteiger partial charge is 0.506 e. The molecule has 1 aromatic rings. The zero-order valence-electron chi connectivity index (χ0n) is 13.6. The van der Waals surface area contributed by atoms with E-state index < -0.39 is 0 Å². The van der Waals surface area contributed by atoms with Gasteiger partial charge in [0.05, 0.1) is 5.69 Å². The molecule has 0 aliphatic carbocycles. The van der Waals surface area contributed by atoms with Crippen molar-refractivity contribution in [2.24, 2.45) is 0 Å². The minimum absolute atomic E-state index is 0.0748. The van der Waals surface area contributed by atoms with E-state index in [1.807, 2.05) is 13.0 Å². The monoisotopic (exact) mass is 295 g/mol. The Morgan fingerprint density at radius 3 is 2.48 bits per heavy atom. The number of nitrogens with one attached hydrogen (secondary N) is 3. The minimum atomic E-state index is -0.339. The molecule has 2 amide bonds. The van der Waals surface area contributed by atoms with Gasteiger partial charge in [-0.25, -0.2) is 4.79 Å². The molecule has 5 heteroatoms. The van der Waals surface area contributed by atoms with Gasteiger partial charge in [0.25, 0.3) is 0 Å². The third-order valence-corrected chi connectivity index (χ3v) is 2.90. The van der Waals surface area contributed by atoms with Crippen molar-refractivity contribution in [3.8, 4) is 5.75 Å². The molecule has 0 unspecified atom stereocenters. The summed E-state index contributed by atoms with van der Waals surface area (Å²) in [6.45, 7) is 8.65. The van der Waals surface area contributed by atoms with E-state index >= 15 is 0 Å². The van der Waals surface area contributed by atoms with Crippen LogP contribution < -0.4 is 16.0 Å². The second kappa shape index (κ2) is 12.0. The fraction of sp³-hybridized carbons (Fsp3) is 0.562. The molecule has 0 saturated heterocycles. The predicted molar refractivity (Wildman–Crippen MR) is 89.0 cm³/mol. The van der Waals surface area contributed by atoms with E-state index in [9.17, 15) is 9.90 Å². The summed E-state index contributed by atoms with van der Waals surface area (Å²) in [6, 6.07) is 4.81. The summed E-state index contributed by atoms with van der Waals surface area (Å²) in [7, 11) is 1.52. The third kappa shape index (κ3) is 8.92. The SMILES string of the molecule is CCCCNCC.CCc1ccc(O)c(NC(=O)NC)c1. The number of urea groups is 1. The van der Waals surface area contributed by atoms with Crippen LogP contribution in [0.4, 0.5) is 10.5 Å². The molecule has 1 rings (SSSR count). The number of carbonyl (C=O) groups excluding carboxylic acids is 1. The Labute approximate surface area is 128 Å². The molecule has 0 spiro atoms. The Hall–Kier alpha value is -1.75. The number of phenols is 1. The number of unbranched alkanes of at least 4 members (excludes halogenated alkanes) is 1. The molecule has 0 atom stereocenters. The number of anilines is 1. The van der Waals surface area contributed by atoms with Crippen molar-refractivity contribution in [2.45, 2.75) is 40.0 Å². The van der Waals surface area contributed by atoms with Crippen molar-refractivity contribution in [1.29, 1.82) is 0 Å². The van der Waals surface area contributed by atoms with Crippen LogP contribution in [0.5, 0.6) is 5.75 Å². The van der Waals surface area contributed by atoms with Gasteiger partial charge in [-0.3, -0.25) is 0 Å². The van der Waals surface area contributed by atoms with Crippen LogP contribution in [0, 0.1) is 0 Å². The average Bonchev–Trinajstić information content (AvgIpc) is 2.50. The van der Waals surface area contributed by atoms with E-state index in [1.54, 1.807) is 12.1 Å². The summed E-state index contributed by atoms with van der Waals surface area (Å²) in [5.74, 6) is 0.0748. The Kier molecular flexibility index (Phi) is 11.0. The van der Waals surface area contributed by atoms with Gasteiger partial charge in [-0.1, -0.05) is 33.3 Å². The maximum atomic E-state index is 11.0. The van der Waals surface area contributed by atoms with Crippen molar-refractivity contribution in [3.63, 3.8) is 0 Å². The van der Waals surface area contributed by atoms with Crippen LogP contribution in [-0.4, -0.2) is 31.3 Å². The van der Waals surface area contributed by atoms with E-state index in [4.69, 9.17) is 0 Å². The first-order valence-electron chi connectivity index (χ1n) is 7.60. The maximum Gasteiger partial charge on any atom is 0.319 e. The van der Waals surface area contributed by atoms with Crippen LogP contribution >= 0.6 is 0 Å². The van der Waals surface area contributed by atoms with Gasteiger partial charge in [0.1, 0.15) is 5.75 Å². The van der Waals surface area contributed by atoms with Crippen molar-refractivity contribution < 1.29 is 9.90 Å². The van der Waals surface area contributed by atoms with E-state index in [0.29, 0.717) is 5.69 Å². The molecule has 0 heterocycles. The van der Waals surface area contributed by atoms with Gasteiger partial charge in [0.2, 0.25) is 0 Å². The maximum absolute atomic E-state index is 11.0. The summed E-state index contributed by atoms with van der Waals surface area (Å²) in [6.07, 6.45) is 3.48. The molecular weight excluding hydrogens is 266 g/mol. The zero-order chi connectivity index (χ0) is 16.1. The molecule has 0 saturated carbocycles. The van der Waals surface area contributed by atoms with Crippen molar-refractivity contribution in [1.82, 2.24) is 10.6 Å². The molecule has 120 valence electrons. The van der Waals surface area contributed by atoms with Gasteiger partial charge in [-0.15, -0.1) is 0 Å². The number of phenolic OH excluding ortho intramolecular Hbond substituents is 1. The van der Waals surface area contributed by atoms with E-state index in [-0.39, 0.29) is 11.8 Å². The highest BCUT2D eigenvalue weighted by Crippen LogP contribution is 2.24. The Morgan fingerprint density at radius 1 is 1.24 bits per heavy atom. The smallest absolute Gasteiger partial charge is 0.319 e. The molecule has 4 N–H and O–H groups in total. The molecule has 0 fully saturated rings. The van der Waals surface area contributed by atoms with Gasteiger partial charge in [0, 0.05) is 7.05 Å². The Bertz CT molecular complexity index is 405. The van der Waals surface area contributed by atoms with Crippen LogP contribution in [0.25, 0.3) is 0 Å². The Balaban J connectivity index is 0.000000486. The highest BCUT2D eigenvalue weighted by atomic mass is 16.3. The lowest BCUT2D eigenvalue weighted by Gasteiger charge is -2.07. The van der Waals surface area contributed by atoms with Gasteiger partial charge < -0.3 is 21.1 Å². The van der Waals surface area contributed by atoms with E-state index in [1.165, 1.54) is 26.4 Å². The lowest BCUT2D eigenvalue weighted by atomic mass is 10.1. The molecule has 0 bridgehead atoms. The first kappa shape index (κ1) is 19.2. The minimum Gasteiger partial charge on any atom is -0.506 e. The topological polar surface area (TPSA) is 73.4 Å². The van der Waals surface area contributed by atoms with Gasteiger partial charge >= 0.3 is 6.03 Å². The molecule has 5 nitrogen and oxygen atoms in total. The van der Waals surface area contributed by atoms with Crippen LogP contribution in [0.2, 0.25) is 0 Å². The summed E-state index contributed by atoms with van der Waals surface area (Å²) in [5.41, 5.74) is 1.50. The number of amides is 2. The summed E-state index contributed by atoms with van der Waals surface area (Å²) >= 11 is 0. The number of rotatable bonds is 6. The van der Waals surface area contributed by atoms with Crippen LogP contribution in [0.15, 0.2) is 18.2 Å². The van der Waals surface area contributed by atoms with Crippen LogP contribution in [0.1, 0.15) is 39.2 Å². The molecule has 0 aliphatic rings. The number of hydrogen-bond acceptors (Lipinski definition) is 3. The lowest BCUT2D eigenvalue weighted by molar-refractivity contribution is 0.254. The zero-order valence-corrected chi connectivity index (χ0v) is 13.6. The number of carbonyl (C=O) groups is 1. The van der Waals surface area contributed by atoms with Gasteiger partial charge in [-0.05, 0) is 43.6 Å². The number of aryl methyl sites for hydroxylation is 1. The molecule has 1 aromatic carbocycles. The second-order valence-corrected chi connectivity index (χ2v) is 4.62. The summed E-state index contributed by atoms with van der Waals surface area (Å²) < 4.78 is 0. The van der Waals surface area contributed by atoms with Crippen molar-refractivity contribution in [2.75, 3.05) is 25.5 Å². The molecule has 21 heavy (non-hydrogen) atoms. The Morgan fingerprint density at radius 2 is 1.95 bits per heavy atom. The van der Waals surface area contributed by atoms with Gasteiger partial charge in [-0.2, -0.15) is 0 Å². The fourth-order valence-corrected chi connectivity index (χ4v) is 1.57. The highest BCUT2D eigenvalue weighted by molar-refractivity contribution is 5.90. The molecule has 0 aromatic heterocycles. The number of hydrogen-bond donors (Lipinski definition) is 4. The molecule has 0 aliphatic heterocycles. The summed E-state index contributed by atoms with van der Waals surface area (Å²) in [5, 5.41) is 17.6. The standard InChI is InChI=1S/C10H14N2O2.C6H15N/c1-3-7-4-5-9(13)8(6-7)12-10(14)11-2;1-3-5-6-7-4-2/h4-6,13H,3H2,1-2H3,(H2,11,12,14);7H,3-6H2,1-2H3. The normalized spacial score (nSPS) is 9.52. The predicted octanol–water partition coefficient (Wildman–Crippen LogP) is 3.10. The van der Waals surface area contributed by atoms with E-state index in [2.05, 4.69) is 29.8 Å². The lowest BCUT2D eigenvalue weighted by Crippen LogP contribution is -2.24. The fourth-order valence-electron chi connectivity index (χ4n) is 1.57. The third-order valence-electron chi connectivity index (χ3n) is 2.90. The van der Waals surface area contributed by atoms with E-state index in [0.717, 1.165) is 18.5 Å².